The van der Waals surface area contributed by atoms with Crippen molar-refractivity contribution >= 4 is 21.7 Å². The van der Waals surface area contributed by atoms with Crippen LogP contribution in [0.15, 0.2) is 71.7 Å². The number of rotatable bonds is 5. The molecular formula is C28H26FN5O3S. The van der Waals surface area contributed by atoms with Crippen LogP contribution in [0.2, 0.25) is 0 Å². The molecule has 38 heavy (non-hydrogen) atoms. The van der Waals surface area contributed by atoms with E-state index < -0.39 is 20.5 Å². The molecule has 2 aliphatic rings. The van der Waals surface area contributed by atoms with E-state index in [-0.39, 0.29) is 22.9 Å². The average molecular weight is 532 g/mol. The predicted molar refractivity (Wildman–Crippen MR) is 139 cm³/mol. The molecule has 6 rings (SSSR count). The van der Waals surface area contributed by atoms with Crippen LogP contribution in [-0.4, -0.2) is 44.0 Å². The highest BCUT2D eigenvalue weighted by molar-refractivity contribution is 7.92. The summed E-state index contributed by atoms with van der Waals surface area (Å²) in [7, 11) is -2.03. The van der Waals surface area contributed by atoms with E-state index in [0.717, 1.165) is 22.4 Å². The van der Waals surface area contributed by atoms with Crippen LogP contribution in [-0.2, 0) is 23.3 Å². The maximum absolute atomic E-state index is 14.2. The van der Waals surface area contributed by atoms with E-state index in [4.69, 9.17) is 0 Å². The highest BCUT2D eigenvalue weighted by Gasteiger charge is 2.52. The third-order valence-electron chi connectivity index (χ3n) is 7.71. The molecule has 0 unspecified atom stereocenters. The standard InChI is InChI=1S/C28H26FN5O3S/c1-18-3-10-25(30-14-18)27(35)28-12-19-15-32-34(22-7-5-21(29)6-8-22)26(19)11-20(28)4-9-23(13-28)38(36,37)24-16-31-33(2)17-24/h3,5-8,10-11,14-17,23H,4,9,12-13H2,1-2H3/t23-,28-/m0/s1. The normalized spacial score (nSPS) is 20.9. The van der Waals surface area contributed by atoms with Crippen LogP contribution in [0.1, 0.15) is 46.6 Å². The van der Waals surface area contributed by atoms with Crippen molar-refractivity contribution < 1.29 is 17.6 Å². The zero-order valence-corrected chi connectivity index (χ0v) is 21.8. The van der Waals surface area contributed by atoms with Crippen LogP contribution in [0.4, 0.5) is 4.39 Å². The molecule has 0 N–H and O–H groups in total. The summed E-state index contributed by atoms with van der Waals surface area (Å²) in [6.45, 7) is 1.90. The number of hydrogen-bond acceptors (Lipinski definition) is 6. The van der Waals surface area contributed by atoms with Gasteiger partial charge < -0.3 is 0 Å². The SMILES string of the molecule is Cc1ccc(C(=O)[C@]23Cc4cnn(-c5ccc(F)cc5)c4C=C2CC[C@H](S(=O)(=O)c2cnn(C)c2)C3)nc1. The van der Waals surface area contributed by atoms with Crippen LogP contribution in [0.3, 0.4) is 0 Å². The van der Waals surface area contributed by atoms with Gasteiger partial charge in [0, 0.05) is 19.4 Å². The molecule has 10 heteroatoms. The Labute approximate surface area is 219 Å². The van der Waals surface area contributed by atoms with Crippen molar-refractivity contribution in [3.05, 3.63) is 95.1 Å². The first-order valence-electron chi connectivity index (χ1n) is 12.4. The summed E-state index contributed by atoms with van der Waals surface area (Å²) in [5, 5.41) is 7.85. The van der Waals surface area contributed by atoms with Gasteiger partial charge in [-0.1, -0.05) is 11.6 Å². The van der Waals surface area contributed by atoms with Crippen molar-refractivity contribution in [2.24, 2.45) is 12.5 Å². The Morgan fingerprint density at radius 3 is 2.55 bits per heavy atom. The molecule has 3 heterocycles. The summed E-state index contributed by atoms with van der Waals surface area (Å²) in [5.41, 5.74) is 3.41. The minimum Gasteiger partial charge on any atom is -0.291 e. The Kier molecular flexibility index (Phi) is 5.68. The Morgan fingerprint density at radius 1 is 1.08 bits per heavy atom. The summed E-state index contributed by atoms with van der Waals surface area (Å²) >= 11 is 0. The van der Waals surface area contributed by atoms with Crippen molar-refractivity contribution in [3.8, 4) is 5.69 Å². The maximum atomic E-state index is 14.2. The van der Waals surface area contributed by atoms with Gasteiger partial charge in [0.15, 0.2) is 15.6 Å². The fourth-order valence-electron chi connectivity index (χ4n) is 5.70. The number of aryl methyl sites for hydroxylation is 2. The van der Waals surface area contributed by atoms with Crippen LogP contribution in [0.25, 0.3) is 11.8 Å². The molecule has 1 fully saturated rings. The summed E-state index contributed by atoms with van der Waals surface area (Å²) < 4.78 is 44.0. The number of halogens is 1. The van der Waals surface area contributed by atoms with Gasteiger partial charge in [-0.05, 0) is 80.1 Å². The van der Waals surface area contributed by atoms with E-state index in [1.54, 1.807) is 42.3 Å². The van der Waals surface area contributed by atoms with E-state index in [1.807, 2.05) is 19.1 Å². The number of ketones is 1. The fraction of sp³-hybridized carbons (Fsp3) is 0.286. The van der Waals surface area contributed by atoms with Gasteiger partial charge in [-0.2, -0.15) is 10.2 Å². The van der Waals surface area contributed by atoms with Gasteiger partial charge in [0.05, 0.1) is 34.4 Å². The minimum absolute atomic E-state index is 0.144. The molecule has 1 saturated carbocycles. The predicted octanol–water partition coefficient (Wildman–Crippen LogP) is 4.28. The lowest BCUT2D eigenvalue weighted by Gasteiger charge is -2.43. The first kappa shape index (κ1) is 24.4. The minimum atomic E-state index is -3.71. The molecule has 2 aliphatic carbocycles. The topological polar surface area (TPSA) is 99.7 Å². The molecular weight excluding hydrogens is 505 g/mol. The first-order valence-corrected chi connectivity index (χ1v) is 14.0. The van der Waals surface area contributed by atoms with Crippen molar-refractivity contribution in [1.29, 1.82) is 0 Å². The van der Waals surface area contributed by atoms with E-state index in [1.165, 1.54) is 29.2 Å². The van der Waals surface area contributed by atoms with Gasteiger partial charge in [0.1, 0.15) is 16.4 Å². The molecule has 3 aromatic heterocycles. The van der Waals surface area contributed by atoms with Gasteiger partial charge in [-0.25, -0.2) is 17.5 Å². The van der Waals surface area contributed by atoms with Crippen molar-refractivity contribution in [3.63, 3.8) is 0 Å². The number of sulfone groups is 1. The zero-order valence-electron chi connectivity index (χ0n) is 21.0. The number of Topliss-reactive ketones (excluding diaryl/α,β-unsaturated/α-hetero) is 1. The molecule has 8 nitrogen and oxygen atoms in total. The van der Waals surface area contributed by atoms with Crippen molar-refractivity contribution in [2.45, 2.75) is 42.8 Å². The molecule has 4 aromatic rings. The second-order valence-electron chi connectivity index (χ2n) is 10.2. The molecule has 0 aliphatic heterocycles. The number of fused-ring (bicyclic) bond motifs is 2. The number of allylic oxidation sites excluding steroid dienone is 1. The van der Waals surface area contributed by atoms with E-state index >= 15 is 0 Å². The lowest BCUT2D eigenvalue weighted by atomic mass is 9.61. The quantitative estimate of drug-likeness (QED) is 0.357. The fourth-order valence-corrected chi connectivity index (χ4v) is 7.51. The summed E-state index contributed by atoms with van der Waals surface area (Å²) in [5.74, 6) is -0.522. The number of carbonyl (C=O) groups is 1. The molecule has 194 valence electrons. The largest absolute Gasteiger partial charge is 0.291 e. The van der Waals surface area contributed by atoms with Gasteiger partial charge in [0.2, 0.25) is 0 Å². The molecule has 2 atom stereocenters. The molecule has 0 amide bonds. The van der Waals surface area contributed by atoms with Crippen molar-refractivity contribution in [1.82, 2.24) is 24.5 Å². The molecule has 0 bridgehead atoms. The van der Waals surface area contributed by atoms with E-state index in [9.17, 15) is 17.6 Å². The first-order chi connectivity index (χ1) is 18.2. The monoisotopic (exact) mass is 531 g/mol. The van der Waals surface area contributed by atoms with E-state index in [2.05, 4.69) is 15.2 Å². The third kappa shape index (κ3) is 3.91. The number of pyridine rings is 1. The van der Waals surface area contributed by atoms with Crippen molar-refractivity contribution in [2.75, 3.05) is 0 Å². The second kappa shape index (κ2) is 8.83. The van der Waals surface area contributed by atoms with Crippen LogP contribution in [0, 0.1) is 18.2 Å². The number of aromatic nitrogens is 5. The summed E-state index contributed by atoms with van der Waals surface area (Å²) in [4.78, 5) is 18.8. The third-order valence-corrected chi connectivity index (χ3v) is 9.86. The van der Waals surface area contributed by atoms with Crippen LogP contribution < -0.4 is 0 Å². The van der Waals surface area contributed by atoms with Gasteiger partial charge >= 0.3 is 0 Å². The average Bonchev–Trinajstić information content (AvgIpc) is 3.53. The zero-order chi connectivity index (χ0) is 26.7. The molecule has 0 spiro atoms. The maximum Gasteiger partial charge on any atom is 0.191 e. The number of carbonyl (C=O) groups excluding carboxylic acids is 1. The second-order valence-corrected chi connectivity index (χ2v) is 12.4. The molecule has 0 saturated heterocycles. The highest BCUT2D eigenvalue weighted by Crippen LogP contribution is 2.51. The summed E-state index contributed by atoms with van der Waals surface area (Å²) in [6.07, 6.45) is 9.48. The van der Waals surface area contributed by atoms with Gasteiger partial charge in [-0.3, -0.25) is 14.5 Å². The Balaban J connectivity index is 1.45. The lowest BCUT2D eigenvalue weighted by Crippen LogP contribution is -2.45. The highest BCUT2D eigenvalue weighted by atomic mass is 32.2. The Bertz CT molecular complexity index is 1690. The lowest BCUT2D eigenvalue weighted by molar-refractivity contribution is 0.0796. The Morgan fingerprint density at radius 2 is 1.87 bits per heavy atom. The molecule has 1 aromatic carbocycles. The van der Waals surface area contributed by atoms with Gasteiger partial charge in [0.25, 0.3) is 0 Å². The van der Waals surface area contributed by atoms with Crippen LogP contribution >= 0.6 is 0 Å². The summed E-state index contributed by atoms with van der Waals surface area (Å²) in [6, 6.07) is 9.62. The number of benzene rings is 1. The number of nitrogens with zero attached hydrogens (tertiary/aromatic N) is 5. The Hall–Kier alpha value is -3.92. The smallest absolute Gasteiger partial charge is 0.191 e. The van der Waals surface area contributed by atoms with Gasteiger partial charge in [-0.15, -0.1) is 0 Å². The van der Waals surface area contributed by atoms with Crippen LogP contribution in [0.5, 0.6) is 0 Å². The molecule has 0 radical (unpaired) electrons. The van der Waals surface area contributed by atoms with E-state index in [0.29, 0.717) is 30.6 Å². The number of hydrogen-bond donors (Lipinski definition) is 0.